The quantitative estimate of drug-likeness (QED) is 0.810. The van der Waals surface area contributed by atoms with Crippen LogP contribution in [0.25, 0.3) is 11.1 Å². The zero-order chi connectivity index (χ0) is 12.4. The van der Waals surface area contributed by atoms with E-state index in [-0.39, 0.29) is 0 Å². The highest BCUT2D eigenvalue weighted by Gasteiger charge is 2.12. The maximum Gasteiger partial charge on any atom is 0.141 e. The summed E-state index contributed by atoms with van der Waals surface area (Å²) in [6.45, 7) is 6.02. The first kappa shape index (κ1) is 11.7. The Morgan fingerprint density at radius 3 is 2.53 bits per heavy atom. The van der Waals surface area contributed by atoms with E-state index in [1.807, 2.05) is 19.9 Å². The number of aryl methyl sites for hydroxylation is 3. The predicted octanol–water partition coefficient (Wildman–Crippen LogP) is 3.53. The second-order valence-electron chi connectivity index (χ2n) is 4.12. The molecule has 2 aromatic rings. The standard InChI is InChI=1S/C14H17NO2/c1-5-11-6-12(8-13(7-11)16-4)14-9(2)15-17-10(14)3/h6-8H,5H2,1-4H3. The van der Waals surface area contributed by atoms with Crippen molar-refractivity contribution >= 4 is 0 Å². The fourth-order valence-corrected chi connectivity index (χ4v) is 2.02. The van der Waals surface area contributed by atoms with Gasteiger partial charge >= 0.3 is 0 Å². The van der Waals surface area contributed by atoms with E-state index in [4.69, 9.17) is 9.26 Å². The molecule has 0 fully saturated rings. The zero-order valence-electron chi connectivity index (χ0n) is 10.7. The molecule has 0 aliphatic rings. The number of hydrogen-bond donors (Lipinski definition) is 0. The van der Waals surface area contributed by atoms with Gasteiger partial charge in [-0.3, -0.25) is 0 Å². The Bertz CT molecular complexity index is 487. The molecule has 0 aliphatic carbocycles. The topological polar surface area (TPSA) is 35.3 Å². The van der Waals surface area contributed by atoms with Crippen LogP contribution in [0.3, 0.4) is 0 Å². The SMILES string of the molecule is CCc1cc(OC)cc(-c2c(C)noc2C)c1. The van der Waals surface area contributed by atoms with Gasteiger partial charge in [-0.1, -0.05) is 18.1 Å². The molecule has 0 aliphatic heterocycles. The molecule has 3 nitrogen and oxygen atoms in total. The molecule has 2 rings (SSSR count). The number of hydrogen-bond acceptors (Lipinski definition) is 3. The number of rotatable bonds is 3. The van der Waals surface area contributed by atoms with Crippen LogP contribution < -0.4 is 4.74 Å². The van der Waals surface area contributed by atoms with Crippen molar-refractivity contribution < 1.29 is 9.26 Å². The second kappa shape index (κ2) is 4.62. The second-order valence-corrected chi connectivity index (χ2v) is 4.12. The maximum atomic E-state index is 5.32. The van der Waals surface area contributed by atoms with Gasteiger partial charge in [0, 0.05) is 5.56 Å². The Balaban J connectivity index is 2.58. The molecule has 1 aromatic heterocycles. The minimum absolute atomic E-state index is 0.845. The molecule has 1 heterocycles. The minimum atomic E-state index is 0.845. The van der Waals surface area contributed by atoms with E-state index in [1.54, 1.807) is 7.11 Å². The normalized spacial score (nSPS) is 10.6. The van der Waals surface area contributed by atoms with Crippen LogP contribution in [0.4, 0.5) is 0 Å². The van der Waals surface area contributed by atoms with Crippen molar-refractivity contribution in [3.8, 4) is 16.9 Å². The number of ether oxygens (including phenoxy) is 1. The highest BCUT2D eigenvalue weighted by Crippen LogP contribution is 2.30. The lowest BCUT2D eigenvalue weighted by Gasteiger charge is -2.07. The fraction of sp³-hybridized carbons (Fsp3) is 0.357. The lowest BCUT2D eigenvalue weighted by molar-refractivity contribution is 0.393. The molecular weight excluding hydrogens is 214 g/mol. The van der Waals surface area contributed by atoms with Crippen LogP contribution in [-0.4, -0.2) is 12.3 Å². The van der Waals surface area contributed by atoms with Crippen molar-refractivity contribution in [2.24, 2.45) is 0 Å². The van der Waals surface area contributed by atoms with Gasteiger partial charge < -0.3 is 9.26 Å². The van der Waals surface area contributed by atoms with Gasteiger partial charge in [-0.05, 0) is 43.5 Å². The summed E-state index contributed by atoms with van der Waals surface area (Å²) >= 11 is 0. The summed E-state index contributed by atoms with van der Waals surface area (Å²) in [5, 5.41) is 3.99. The Morgan fingerprint density at radius 2 is 2.00 bits per heavy atom. The first-order chi connectivity index (χ1) is 8.15. The average Bonchev–Trinajstić information content (AvgIpc) is 2.68. The molecule has 90 valence electrons. The van der Waals surface area contributed by atoms with Gasteiger partial charge in [-0.2, -0.15) is 0 Å². The van der Waals surface area contributed by atoms with Crippen LogP contribution in [0.15, 0.2) is 22.7 Å². The molecule has 0 atom stereocenters. The van der Waals surface area contributed by atoms with Crippen LogP contribution in [0.2, 0.25) is 0 Å². The van der Waals surface area contributed by atoms with E-state index in [9.17, 15) is 0 Å². The lowest BCUT2D eigenvalue weighted by Crippen LogP contribution is -1.90. The third-order valence-electron chi connectivity index (χ3n) is 2.93. The lowest BCUT2D eigenvalue weighted by atomic mass is 10.0. The Labute approximate surface area is 101 Å². The van der Waals surface area contributed by atoms with Crippen molar-refractivity contribution in [2.45, 2.75) is 27.2 Å². The van der Waals surface area contributed by atoms with Crippen LogP contribution >= 0.6 is 0 Å². The summed E-state index contributed by atoms with van der Waals surface area (Å²) in [6, 6.07) is 6.24. The van der Waals surface area contributed by atoms with E-state index in [0.29, 0.717) is 0 Å². The number of benzene rings is 1. The van der Waals surface area contributed by atoms with E-state index < -0.39 is 0 Å². The summed E-state index contributed by atoms with van der Waals surface area (Å²) in [5.41, 5.74) is 4.34. The van der Waals surface area contributed by atoms with Gasteiger partial charge in [0.1, 0.15) is 11.5 Å². The Hall–Kier alpha value is -1.77. The molecule has 0 unspecified atom stereocenters. The van der Waals surface area contributed by atoms with Gasteiger partial charge in [0.05, 0.1) is 12.8 Å². The van der Waals surface area contributed by atoms with Gasteiger partial charge in [0.2, 0.25) is 0 Å². The molecule has 0 amide bonds. The molecule has 0 saturated heterocycles. The first-order valence-corrected chi connectivity index (χ1v) is 5.77. The van der Waals surface area contributed by atoms with Crippen molar-refractivity contribution in [1.29, 1.82) is 0 Å². The van der Waals surface area contributed by atoms with E-state index in [2.05, 4.69) is 24.2 Å². The third kappa shape index (κ3) is 2.18. The highest BCUT2D eigenvalue weighted by molar-refractivity contribution is 5.69. The van der Waals surface area contributed by atoms with Crippen molar-refractivity contribution in [3.63, 3.8) is 0 Å². The number of methoxy groups -OCH3 is 1. The molecular formula is C14H17NO2. The van der Waals surface area contributed by atoms with Crippen molar-refractivity contribution in [1.82, 2.24) is 5.16 Å². The monoisotopic (exact) mass is 231 g/mol. The van der Waals surface area contributed by atoms with E-state index in [0.717, 1.165) is 34.8 Å². The summed E-state index contributed by atoms with van der Waals surface area (Å²) in [6.07, 6.45) is 0.980. The molecule has 0 saturated carbocycles. The maximum absolute atomic E-state index is 5.32. The predicted molar refractivity (Wildman–Crippen MR) is 67.3 cm³/mol. The van der Waals surface area contributed by atoms with Crippen LogP contribution in [0.5, 0.6) is 5.75 Å². The summed E-state index contributed by atoms with van der Waals surface area (Å²) in [5.74, 6) is 1.72. The van der Waals surface area contributed by atoms with Gasteiger partial charge in [0.25, 0.3) is 0 Å². The number of nitrogens with zero attached hydrogens (tertiary/aromatic N) is 1. The molecule has 0 radical (unpaired) electrons. The fourth-order valence-electron chi connectivity index (χ4n) is 2.02. The molecule has 0 bridgehead atoms. The summed E-state index contributed by atoms with van der Waals surface area (Å²) < 4.78 is 10.5. The van der Waals surface area contributed by atoms with Crippen LogP contribution in [0.1, 0.15) is 23.9 Å². The van der Waals surface area contributed by atoms with Crippen LogP contribution in [-0.2, 0) is 6.42 Å². The van der Waals surface area contributed by atoms with E-state index >= 15 is 0 Å². The molecule has 17 heavy (non-hydrogen) atoms. The van der Waals surface area contributed by atoms with Crippen LogP contribution in [0, 0.1) is 13.8 Å². The summed E-state index contributed by atoms with van der Waals surface area (Å²) in [4.78, 5) is 0. The molecule has 0 spiro atoms. The zero-order valence-corrected chi connectivity index (χ0v) is 10.7. The third-order valence-corrected chi connectivity index (χ3v) is 2.93. The Morgan fingerprint density at radius 1 is 1.24 bits per heavy atom. The van der Waals surface area contributed by atoms with Crippen molar-refractivity contribution in [3.05, 3.63) is 35.2 Å². The molecule has 3 heteroatoms. The smallest absolute Gasteiger partial charge is 0.141 e. The first-order valence-electron chi connectivity index (χ1n) is 5.77. The van der Waals surface area contributed by atoms with Gasteiger partial charge in [-0.15, -0.1) is 0 Å². The molecule has 1 aromatic carbocycles. The highest BCUT2D eigenvalue weighted by atomic mass is 16.5. The number of aromatic nitrogens is 1. The largest absolute Gasteiger partial charge is 0.497 e. The van der Waals surface area contributed by atoms with Gasteiger partial charge in [-0.25, -0.2) is 0 Å². The van der Waals surface area contributed by atoms with E-state index in [1.165, 1.54) is 5.56 Å². The van der Waals surface area contributed by atoms with Crippen molar-refractivity contribution in [2.75, 3.05) is 7.11 Å². The van der Waals surface area contributed by atoms with Gasteiger partial charge in [0.15, 0.2) is 0 Å². The average molecular weight is 231 g/mol. The minimum Gasteiger partial charge on any atom is -0.497 e. The Kier molecular flexibility index (Phi) is 3.18. The summed E-state index contributed by atoms with van der Waals surface area (Å²) in [7, 11) is 1.69. The molecule has 0 N–H and O–H groups in total.